The zero-order valence-electron chi connectivity index (χ0n) is 23.6. The number of fused-ring (bicyclic) bond motifs is 1. The predicted octanol–water partition coefficient (Wildman–Crippen LogP) is 4.18. The maximum atomic E-state index is 12.2. The molecule has 1 aliphatic rings. The second-order valence-electron chi connectivity index (χ2n) is 9.63. The van der Waals surface area contributed by atoms with Crippen molar-refractivity contribution >= 4 is 46.7 Å². The number of hydrogen-bond donors (Lipinski definition) is 0. The highest BCUT2D eigenvalue weighted by Gasteiger charge is 2.52. The molecule has 5 atom stereocenters. The minimum absolute atomic E-state index is 0.275. The summed E-state index contributed by atoms with van der Waals surface area (Å²) in [4.78, 5) is 52.7. The van der Waals surface area contributed by atoms with Crippen LogP contribution in [0.15, 0.2) is 29.4 Å². The van der Waals surface area contributed by atoms with Crippen molar-refractivity contribution < 1.29 is 42.9 Å². The van der Waals surface area contributed by atoms with E-state index in [0.29, 0.717) is 5.16 Å². The Morgan fingerprint density at radius 1 is 0.850 bits per heavy atom. The van der Waals surface area contributed by atoms with E-state index in [4.69, 9.17) is 28.7 Å². The third-order valence-corrected chi connectivity index (χ3v) is 7.41. The van der Waals surface area contributed by atoms with Gasteiger partial charge in [0.25, 0.3) is 0 Å². The molecule has 0 bridgehead atoms. The molecule has 220 valence electrons. The van der Waals surface area contributed by atoms with E-state index in [1.54, 1.807) is 0 Å². The molecule has 40 heavy (non-hydrogen) atoms. The molecule has 1 aromatic heterocycles. The van der Waals surface area contributed by atoms with Crippen molar-refractivity contribution in [3.63, 3.8) is 0 Å². The van der Waals surface area contributed by atoms with Crippen molar-refractivity contribution in [2.24, 2.45) is 0 Å². The first-order valence-electron chi connectivity index (χ1n) is 13.5. The number of carbonyl (C=O) groups excluding carboxylic acids is 4. The molecule has 0 aliphatic carbocycles. The van der Waals surface area contributed by atoms with E-state index in [9.17, 15) is 19.2 Å². The zero-order valence-corrected chi connectivity index (χ0v) is 24.4. The number of nitrogens with zero attached hydrogens (tertiary/aromatic N) is 2. The fourth-order valence-electron chi connectivity index (χ4n) is 4.62. The van der Waals surface area contributed by atoms with Crippen LogP contribution in [0.25, 0.3) is 11.0 Å². The molecule has 0 saturated carbocycles. The summed E-state index contributed by atoms with van der Waals surface area (Å²) in [6.07, 6.45) is 0.926. The van der Waals surface area contributed by atoms with Crippen molar-refractivity contribution in [1.82, 2.24) is 9.55 Å². The zero-order chi connectivity index (χ0) is 29.2. The topological polar surface area (TPSA) is 132 Å². The summed E-state index contributed by atoms with van der Waals surface area (Å²) >= 11 is 1.21. The van der Waals surface area contributed by atoms with Gasteiger partial charge in [0, 0.05) is 34.2 Å². The molecule has 11 nitrogen and oxygen atoms in total. The van der Waals surface area contributed by atoms with E-state index in [-0.39, 0.29) is 6.61 Å². The fourth-order valence-corrected chi connectivity index (χ4v) is 5.84. The van der Waals surface area contributed by atoms with Crippen LogP contribution in [0.3, 0.4) is 0 Å². The van der Waals surface area contributed by atoms with Crippen molar-refractivity contribution in [1.29, 1.82) is 0 Å². The van der Waals surface area contributed by atoms with Gasteiger partial charge in [-0.3, -0.25) is 19.2 Å². The molecule has 1 aromatic carbocycles. The van der Waals surface area contributed by atoms with Gasteiger partial charge in [-0.25, -0.2) is 4.98 Å². The standard InChI is InChI=1S/C28H38N2O9S/c1-6-7-8-9-12-15-30-22-14-11-10-13-21(22)29-28(30)40-27-26(38-20(5)34)25(37-19(4)33)24(36-18(3)32)23(39-27)16-35-17(2)31/h10-11,13-14,23-27H,6-9,12,15-16H2,1-5H3. The lowest BCUT2D eigenvalue weighted by Crippen LogP contribution is -2.61. The molecular weight excluding hydrogens is 540 g/mol. The Morgan fingerprint density at radius 2 is 1.48 bits per heavy atom. The molecule has 2 aromatic rings. The number of carbonyl (C=O) groups is 4. The number of unbranched alkanes of at least 4 members (excludes halogenated alkanes) is 4. The lowest BCUT2D eigenvalue weighted by Gasteiger charge is -2.44. The molecule has 12 heteroatoms. The van der Waals surface area contributed by atoms with Crippen molar-refractivity contribution in [3.8, 4) is 0 Å². The highest BCUT2D eigenvalue weighted by atomic mass is 32.2. The molecule has 0 radical (unpaired) electrons. The van der Waals surface area contributed by atoms with Crippen LogP contribution in [0.5, 0.6) is 0 Å². The van der Waals surface area contributed by atoms with E-state index < -0.39 is 53.7 Å². The van der Waals surface area contributed by atoms with E-state index in [1.165, 1.54) is 45.9 Å². The van der Waals surface area contributed by atoms with Gasteiger partial charge in [0.1, 0.15) is 12.7 Å². The third-order valence-electron chi connectivity index (χ3n) is 6.27. The van der Waals surface area contributed by atoms with Gasteiger partial charge >= 0.3 is 23.9 Å². The minimum atomic E-state index is -1.22. The van der Waals surface area contributed by atoms with E-state index in [0.717, 1.165) is 43.3 Å². The molecule has 2 heterocycles. The molecule has 0 spiro atoms. The largest absolute Gasteiger partial charge is 0.463 e. The first-order valence-corrected chi connectivity index (χ1v) is 14.4. The summed E-state index contributed by atoms with van der Waals surface area (Å²) in [5.41, 5.74) is 0.812. The predicted molar refractivity (Wildman–Crippen MR) is 146 cm³/mol. The van der Waals surface area contributed by atoms with Crippen LogP contribution >= 0.6 is 11.8 Å². The molecule has 1 saturated heterocycles. The second-order valence-corrected chi connectivity index (χ2v) is 10.7. The normalized spacial score (nSPS) is 22.5. The number of benzene rings is 1. The Bertz CT molecular complexity index is 1180. The summed E-state index contributed by atoms with van der Waals surface area (Å²) < 4.78 is 30.2. The van der Waals surface area contributed by atoms with Crippen molar-refractivity contribution in [3.05, 3.63) is 24.3 Å². The van der Waals surface area contributed by atoms with Crippen LogP contribution in [-0.4, -0.2) is 69.9 Å². The minimum Gasteiger partial charge on any atom is -0.463 e. The average Bonchev–Trinajstić information content (AvgIpc) is 3.22. The fraction of sp³-hybridized carbons (Fsp3) is 0.607. The summed E-state index contributed by atoms with van der Waals surface area (Å²) in [7, 11) is 0. The van der Waals surface area contributed by atoms with Gasteiger partial charge in [-0.1, -0.05) is 56.5 Å². The van der Waals surface area contributed by atoms with E-state index in [2.05, 4.69) is 11.5 Å². The molecule has 1 aliphatic heterocycles. The molecule has 0 amide bonds. The highest BCUT2D eigenvalue weighted by molar-refractivity contribution is 7.99. The number of esters is 4. The smallest absolute Gasteiger partial charge is 0.303 e. The Balaban J connectivity index is 2.00. The monoisotopic (exact) mass is 578 g/mol. The maximum absolute atomic E-state index is 12.2. The van der Waals surface area contributed by atoms with Crippen LogP contribution in [0.1, 0.15) is 66.7 Å². The number of para-hydroxylation sites is 2. The second kappa shape index (κ2) is 15.0. The summed E-state index contributed by atoms with van der Waals surface area (Å²) in [5.74, 6) is -2.54. The lowest BCUT2D eigenvalue weighted by molar-refractivity contribution is -0.237. The molecule has 5 unspecified atom stereocenters. The molecular formula is C28H38N2O9S. The summed E-state index contributed by atoms with van der Waals surface area (Å²) in [6.45, 7) is 7.48. The number of ether oxygens (including phenoxy) is 5. The Hall–Kier alpha value is -3.12. The van der Waals surface area contributed by atoms with Gasteiger partial charge in [-0.2, -0.15) is 0 Å². The van der Waals surface area contributed by atoms with Crippen LogP contribution in [0.4, 0.5) is 0 Å². The number of aromatic nitrogens is 2. The molecule has 0 N–H and O–H groups in total. The Labute approximate surface area is 238 Å². The van der Waals surface area contributed by atoms with E-state index in [1.807, 2.05) is 24.3 Å². The quantitative estimate of drug-likeness (QED) is 0.193. The van der Waals surface area contributed by atoms with Crippen LogP contribution in [-0.2, 0) is 49.4 Å². The third kappa shape index (κ3) is 8.69. The summed E-state index contributed by atoms with van der Waals surface area (Å²) in [6, 6.07) is 7.76. The van der Waals surface area contributed by atoms with Gasteiger partial charge in [0.15, 0.2) is 28.9 Å². The van der Waals surface area contributed by atoms with Gasteiger partial charge < -0.3 is 28.3 Å². The first kappa shape index (κ1) is 31.4. The Kier molecular flexibility index (Phi) is 11.8. The van der Waals surface area contributed by atoms with Crippen molar-refractivity contribution in [2.45, 2.75) is 108 Å². The number of imidazole rings is 1. The van der Waals surface area contributed by atoms with Crippen LogP contribution < -0.4 is 0 Å². The molecule has 3 rings (SSSR count). The number of rotatable bonds is 13. The number of thioether (sulfide) groups is 1. The average molecular weight is 579 g/mol. The highest BCUT2D eigenvalue weighted by Crippen LogP contribution is 2.38. The van der Waals surface area contributed by atoms with E-state index >= 15 is 0 Å². The SMILES string of the molecule is CCCCCCCn1c(SC2OC(COC(C)=O)C(OC(C)=O)C(OC(C)=O)C2OC(C)=O)nc2ccccc21. The summed E-state index contributed by atoms with van der Waals surface area (Å²) in [5, 5.41) is 0.623. The first-order chi connectivity index (χ1) is 19.1. The lowest BCUT2D eigenvalue weighted by atomic mass is 9.99. The van der Waals surface area contributed by atoms with Gasteiger partial charge in [0.05, 0.1) is 11.0 Å². The maximum Gasteiger partial charge on any atom is 0.303 e. The Morgan fingerprint density at radius 3 is 2.12 bits per heavy atom. The molecule has 1 fully saturated rings. The van der Waals surface area contributed by atoms with Crippen LogP contribution in [0, 0.1) is 0 Å². The van der Waals surface area contributed by atoms with Gasteiger partial charge in [-0.15, -0.1) is 0 Å². The van der Waals surface area contributed by atoms with Crippen LogP contribution in [0.2, 0.25) is 0 Å². The van der Waals surface area contributed by atoms with Gasteiger partial charge in [0.2, 0.25) is 0 Å². The van der Waals surface area contributed by atoms with Gasteiger partial charge in [-0.05, 0) is 18.6 Å². The number of aryl methyl sites for hydroxylation is 1. The number of hydrogen-bond acceptors (Lipinski definition) is 11. The van der Waals surface area contributed by atoms with Crippen molar-refractivity contribution in [2.75, 3.05) is 6.61 Å².